The molecule has 1 unspecified atom stereocenters. The molecule has 0 bridgehead atoms. The van der Waals surface area contributed by atoms with Crippen LogP contribution in [0.5, 0.6) is 0 Å². The van der Waals surface area contributed by atoms with Crippen molar-refractivity contribution in [1.82, 2.24) is 10.6 Å². The lowest BCUT2D eigenvalue weighted by atomic mass is 9.64. The molecule has 0 radical (unpaired) electrons. The molecule has 1 atom stereocenters. The second-order valence-corrected chi connectivity index (χ2v) is 6.35. The van der Waals surface area contributed by atoms with Gasteiger partial charge in [-0.15, -0.1) is 0 Å². The Morgan fingerprint density at radius 3 is 2.45 bits per heavy atom. The predicted molar refractivity (Wildman–Crippen MR) is 76.3 cm³/mol. The van der Waals surface area contributed by atoms with E-state index in [0.29, 0.717) is 6.54 Å². The lowest BCUT2D eigenvalue weighted by molar-refractivity contribution is -0.123. The molecule has 1 aliphatic heterocycles. The van der Waals surface area contributed by atoms with Crippen molar-refractivity contribution in [3.05, 3.63) is 35.6 Å². The zero-order valence-electron chi connectivity index (χ0n) is 12.2. The molecule has 22 heavy (non-hydrogen) atoms. The number of halogens is 3. The third kappa shape index (κ3) is 2.97. The molecule has 1 aromatic rings. The van der Waals surface area contributed by atoms with Gasteiger partial charge in [0, 0.05) is 18.4 Å². The van der Waals surface area contributed by atoms with E-state index in [2.05, 4.69) is 10.6 Å². The van der Waals surface area contributed by atoms with E-state index in [9.17, 15) is 18.0 Å². The maximum atomic E-state index is 13.1. The smallest absolute Gasteiger partial charge is 0.262 e. The van der Waals surface area contributed by atoms with Crippen LogP contribution >= 0.6 is 0 Å². The molecule has 6 heteroatoms. The van der Waals surface area contributed by atoms with Crippen LogP contribution in [0.3, 0.4) is 0 Å². The minimum Gasteiger partial charge on any atom is -0.354 e. The number of carbonyl (C=O) groups is 1. The van der Waals surface area contributed by atoms with Gasteiger partial charge in [-0.05, 0) is 30.5 Å². The third-order valence-electron chi connectivity index (χ3n) is 4.79. The molecular weight excluding hydrogens is 293 g/mol. The lowest BCUT2D eigenvalue weighted by Gasteiger charge is -2.42. The molecule has 1 aromatic carbocycles. The zero-order chi connectivity index (χ0) is 15.8. The summed E-state index contributed by atoms with van der Waals surface area (Å²) in [6.07, 6.45) is 2.41. The molecule has 0 aromatic heterocycles. The number of benzene rings is 1. The summed E-state index contributed by atoms with van der Waals surface area (Å²) in [5.74, 6) is -3.49. The predicted octanol–water partition coefficient (Wildman–Crippen LogP) is 2.36. The van der Waals surface area contributed by atoms with Crippen LogP contribution in [-0.4, -0.2) is 31.0 Å². The van der Waals surface area contributed by atoms with Crippen LogP contribution in [0.1, 0.15) is 31.2 Å². The summed E-state index contributed by atoms with van der Waals surface area (Å²) in [7, 11) is 0. The van der Waals surface area contributed by atoms with Gasteiger partial charge in [0.05, 0.1) is 12.6 Å². The first-order valence-corrected chi connectivity index (χ1v) is 7.55. The number of rotatable bonds is 4. The normalized spacial score (nSPS) is 25.5. The number of alkyl halides is 2. The molecule has 120 valence electrons. The van der Waals surface area contributed by atoms with Gasteiger partial charge in [0.25, 0.3) is 5.92 Å². The summed E-state index contributed by atoms with van der Waals surface area (Å²) in [5, 5.41) is 5.34. The highest BCUT2D eigenvalue weighted by Gasteiger charge is 2.44. The van der Waals surface area contributed by atoms with Gasteiger partial charge in [-0.2, -0.15) is 0 Å². The fourth-order valence-corrected chi connectivity index (χ4v) is 3.25. The Balaban J connectivity index is 1.62. The van der Waals surface area contributed by atoms with Gasteiger partial charge in [0.15, 0.2) is 0 Å². The van der Waals surface area contributed by atoms with E-state index in [4.69, 9.17) is 0 Å². The van der Waals surface area contributed by atoms with E-state index < -0.39 is 24.9 Å². The van der Waals surface area contributed by atoms with E-state index in [0.717, 1.165) is 24.8 Å². The number of nitrogens with one attached hydrogen (secondary N) is 2. The van der Waals surface area contributed by atoms with Crippen LogP contribution in [0.2, 0.25) is 0 Å². The second-order valence-electron chi connectivity index (χ2n) is 6.35. The Morgan fingerprint density at radius 2 is 1.95 bits per heavy atom. The van der Waals surface area contributed by atoms with Crippen molar-refractivity contribution in [1.29, 1.82) is 0 Å². The van der Waals surface area contributed by atoms with Crippen molar-refractivity contribution >= 4 is 5.91 Å². The standard InChI is InChI=1S/C16H19F3N2O/c17-12-4-2-11(3-5-12)15(6-1-7-15)9-21-14(22)13-8-16(18,19)10-20-13/h2-5,13,20H,1,6-10H2,(H,21,22). The summed E-state index contributed by atoms with van der Waals surface area (Å²) in [6.45, 7) is -0.0462. The topological polar surface area (TPSA) is 41.1 Å². The van der Waals surface area contributed by atoms with Gasteiger partial charge in [-0.25, -0.2) is 13.2 Å². The maximum absolute atomic E-state index is 13.1. The van der Waals surface area contributed by atoms with E-state index in [1.165, 1.54) is 12.1 Å². The number of amides is 1. The van der Waals surface area contributed by atoms with Crippen molar-refractivity contribution in [2.45, 2.75) is 43.1 Å². The average Bonchev–Trinajstić information content (AvgIpc) is 2.79. The Kier molecular flexibility index (Phi) is 3.89. The van der Waals surface area contributed by atoms with Crippen molar-refractivity contribution < 1.29 is 18.0 Å². The molecule has 1 saturated carbocycles. The number of hydrogen-bond donors (Lipinski definition) is 2. The molecule has 1 saturated heterocycles. The molecule has 1 amide bonds. The van der Waals surface area contributed by atoms with Crippen molar-refractivity contribution in [2.75, 3.05) is 13.1 Å². The van der Waals surface area contributed by atoms with Crippen LogP contribution in [-0.2, 0) is 10.2 Å². The van der Waals surface area contributed by atoms with Gasteiger partial charge >= 0.3 is 0 Å². The summed E-state index contributed by atoms with van der Waals surface area (Å²) in [6, 6.07) is 5.47. The molecule has 3 rings (SSSR count). The molecular formula is C16H19F3N2O. The van der Waals surface area contributed by atoms with Crippen molar-refractivity contribution in [2.24, 2.45) is 0 Å². The van der Waals surface area contributed by atoms with Crippen molar-refractivity contribution in [3.63, 3.8) is 0 Å². The third-order valence-corrected chi connectivity index (χ3v) is 4.79. The summed E-state index contributed by atoms with van der Waals surface area (Å²) in [5.41, 5.74) is 0.801. The highest BCUT2D eigenvalue weighted by Crippen LogP contribution is 2.43. The lowest BCUT2D eigenvalue weighted by Crippen LogP contribution is -2.49. The van der Waals surface area contributed by atoms with E-state index >= 15 is 0 Å². The van der Waals surface area contributed by atoms with Gasteiger partial charge < -0.3 is 5.32 Å². The first kappa shape index (κ1) is 15.3. The van der Waals surface area contributed by atoms with Crippen LogP contribution in [0, 0.1) is 5.82 Å². The highest BCUT2D eigenvalue weighted by molar-refractivity contribution is 5.82. The van der Waals surface area contributed by atoms with Gasteiger partial charge in [-0.1, -0.05) is 18.6 Å². The molecule has 2 N–H and O–H groups in total. The first-order valence-electron chi connectivity index (χ1n) is 7.55. The minimum absolute atomic E-state index is 0.190. The molecule has 2 aliphatic rings. The molecule has 3 nitrogen and oxygen atoms in total. The fourth-order valence-electron chi connectivity index (χ4n) is 3.25. The van der Waals surface area contributed by atoms with Gasteiger partial charge in [0.1, 0.15) is 5.82 Å². The van der Waals surface area contributed by atoms with E-state index in [-0.39, 0.29) is 17.1 Å². The van der Waals surface area contributed by atoms with Gasteiger partial charge in [-0.3, -0.25) is 10.1 Å². The first-order chi connectivity index (χ1) is 10.4. The van der Waals surface area contributed by atoms with Crippen LogP contribution in [0.4, 0.5) is 13.2 Å². The van der Waals surface area contributed by atoms with Crippen LogP contribution in [0.25, 0.3) is 0 Å². The number of carbonyl (C=O) groups excluding carboxylic acids is 1. The number of hydrogen-bond acceptors (Lipinski definition) is 2. The second kappa shape index (κ2) is 5.57. The molecule has 1 heterocycles. The van der Waals surface area contributed by atoms with Gasteiger partial charge in [0.2, 0.25) is 5.91 Å². The monoisotopic (exact) mass is 312 g/mol. The fraction of sp³-hybridized carbons (Fsp3) is 0.562. The Hall–Kier alpha value is -1.56. The summed E-state index contributed by atoms with van der Waals surface area (Å²) >= 11 is 0. The Labute approximate surface area is 127 Å². The molecule has 0 spiro atoms. The summed E-state index contributed by atoms with van der Waals surface area (Å²) in [4.78, 5) is 12.0. The summed E-state index contributed by atoms with van der Waals surface area (Å²) < 4.78 is 39.3. The maximum Gasteiger partial charge on any atom is 0.262 e. The van der Waals surface area contributed by atoms with Crippen LogP contribution in [0.15, 0.2) is 24.3 Å². The zero-order valence-corrected chi connectivity index (χ0v) is 12.2. The van der Waals surface area contributed by atoms with Crippen molar-refractivity contribution in [3.8, 4) is 0 Å². The minimum atomic E-state index is -2.81. The Bertz CT molecular complexity index is 555. The Morgan fingerprint density at radius 1 is 1.27 bits per heavy atom. The largest absolute Gasteiger partial charge is 0.354 e. The average molecular weight is 312 g/mol. The van der Waals surface area contributed by atoms with E-state index in [1.54, 1.807) is 12.1 Å². The quantitative estimate of drug-likeness (QED) is 0.896. The highest BCUT2D eigenvalue weighted by atomic mass is 19.3. The SMILES string of the molecule is O=C(NCC1(c2ccc(F)cc2)CCC1)C1CC(F)(F)CN1. The molecule has 2 fully saturated rings. The molecule has 1 aliphatic carbocycles. The van der Waals surface area contributed by atoms with E-state index in [1.807, 2.05) is 0 Å². The van der Waals surface area contributed by atoms with Crippen LogP contribution < -0.4 is 10.6 Å².